The first-order valence-electron chi connectivity index (χ1n) is 9.95. The standard InChI is InChI=1S/C23H21N5O6S/c1-2-34-20-13-17(23(29,30)31)5-8-21(20)35(32,33)19-6-3-16(4-7-19)14-26-22(27-15-24)28-18-9-11-25-12-10-18/h2-13,29-31H,1,14H2,(H2,25,26,27,28). The molecule has 3 rings (SSSR count). The molecule has 1 heterocycles. The zero-order chi connectivity index (χ0) is 25.5. The number of nitriles is 1. The lowest BCUT2D eigenvalue weighted by Crippen LogP contribution is -2.26. The van der Waals surface area contributed by atoms with Crippen molar-refractivity contribution in [3.63, 3.8) is 0 Å². The molecule has 11 nitrogen and oxygen atoms in total. The maximum atomic E-state index is 13.2. The van der Waals surface area contributed by atoms with Crippen molar-refractivity contribution in [2.45, 2.75) is 22.3 Å². The van der Waals surface area contributed by atoms with E-state index in [9.17, 15) is 23.7 Å². The second-order valence-electron chi connectivity index (χ2n) is 6.99. The maximum Gasteiger partial charge on any atom is 0.304 e. The van der Waals surface area contributed by atoms with Crippen molar-refractivity contribution in [3.8, 4) is 11.9 Å². The molecule has 12 heteroatoms. The molecule has 0 saturated carbocycles. The minimum Gasteiger partial charge on any atom is -0.464 e. The molecule has 0 atom stereocenters. The third kappa shape index (κ3) is 6.40. The van der Waals surface area contributed by atoms with Gasteiger partial charge in [-0.3, -0.25) is 10.3 Å². The van der Waals surface area contributed by atoms with Crippen LogP contribution in [0.15, 0.2) is 94.6 Å². The van der Waals surface area contributed by atoms with Gasteiger partial charge >= 0.3 is 5.97 Å². The first-order valence-corrected chi connectivity index (χ1v) is 11.4. The van der Waals surface area contributed by atoms with E-state index in [4.69, 9.17) is 10.00 Å². The van der Waals surface area contributed by atoms with Gasteiger partial charge in [0.15, 0.2) is 6.19 Å². The molecule has 35 heavy (non-hydrogen) atoms. The number of hydrogen-bond acceptors (Lipinski definition) is 9. The number of pyridine rings is 1. The molecule has 0 fully saturated rings. The molecular formula is C23H21N5O6S. The Hall–Kier alpha value is -4.28. The van der Waals surface area contributed by atoms with Crippen LogP contribution in [0.4, 0.5) is 5.69 Å². The van der Waals surface area contributed by atoms with Crippen molar-refractivity contribution >= 4 is 21.5 Å². The number of hydrogen-bond donors (Lipinski definition) is 5. The molecular weight excluding hydrogens is 474 g/mol. The van der Waals surface area contributed by atoms with Gasteiger partial charge in [0, 0.05) is 23.6 Å². The molecule has 2 aromatic carbocycles. The van der Waals surface area contributed by atoms with Crippen LogP contribution in [-0.2, 0) is 22.4 Å². The van der Waals surface area contributed by atoms with Crippen LogP contribution in [0.2, 0.25) is 0 Å². The van der Waals surface area contributed by atoms with Crippen molar-refractivity contribution in [3.05, 3.63) is 91.0 Å². The molecule has 1 aromatic heterocycles. The van der Waals surface area contributed by atoms with Crippen LogP contribution < -0.4 is 15.4 Å². The van der Waals surface area contributed by atoms with Gasteiger partial charge in [-0.15, -0.1) is 0 Å². The fourth-order valence-corrected chi connectivity index (χ4v) is 4.29. The molecule has 0 aliphatic carbocycles. The summed E-state index contributed by atoms with van der Waals surface area (Å²) in [6, 6.07) is 12.4. The van der Waals surface area contributed by atoms with Crippen LogP contribution in [0.25, 0.3) is 0 Å². The molecule has 0 unspecified atom stereocenters. The highest BCUT2D eigenvalue weighted by molar-refractivity contribution is 7.91. The number of anilines is 1. The number of ether oxygens (including phenoxy) is 1. The number of aliphatic hydroxyl groups is 3. The van der Waals surface area contributed by atoms with E-state index in [-0.39, 0.29) is 33.6 Å². The number of benzene rings is 2. The van der Waals surface area contributed by atoms with Crippen molar-refractivity contribution in [1.82, 2.24) is 10.3 Å². The Bertz CT molecular complexity index is 1360. The van der Waals surface area contributed by atoms with Crippen LogP contribution >= 0.6 is 0 Å². The number of rotatable bonds is 8. The Labute approximate surface area is 201 Å². The molecule has 0 spiro atoms. The fourth-order valence-electron chi connectivity index (χ4n) is 2.93. The Morgan fingerprint density at radius 2 is 1.83 bits per heavy atom. The highest BCUT2D eigenvalue weighted by atomic mass is 32.2. The Kier molecular flexibility index (Phi) is 7.80. The Morgan fingerprint density at radius 1 is 1.14 bits per heavy atom. The molecule has 0 amide bonds. The van der Waals surface area contributed by atoms with Crippen molar-refractivity contribution in [1.29, 1.82) is 5.26 Å². The Balaban J connectivity index is 1.84. The molecule has 3 aromatic rings. The summed E-state index contributed by atoms with van der Waals surface area (Å²) in [6.45, 7) is 3.53. The fraction of sp³-hybridized carbons (Fsp3) is 0.0870. The van der Waals surface area contributed by atoms with E-state index in [1.807, 2.05) is 0 Å². The van der Waals surface area contributed by atoms with Gasteiger partial charge in [0.2, 0.25) is 15.8 Å². The normalized spacial score (nSPS) is 11.9. The Morgan fingerprint density at radius 3 is 2.43 bits per heavy atom. The third-order valence-electron chi connectivity index (χ3n) is 4.60. The van der Waals surface area contributed by atoms with Gasteiger partial charge in [0.1, 0.15) is 10.6 Å². The first kappa shape index (κ1) is 25.3. The predicted octanol–water partition coefficient (Wildman–Crippen LogP) is 1.56. The van der Waals surface area contributed by atoms with Gasteiger partial charge in [-0.05, 0) is 48.0 Å². The monoisotopic (exact) mass is 495 g/mol. The van der Waals surface area contributed by atoms with E-state index in [0.717, 1.165) is 24.5 Å². The number of guanidine groups is 1. The number of nitrogens with zero attached hydrogens (tertiary/aromatic N) is 3. The van der Waals surface area contributed by atoms with Gasteiger partial charge in [0.25, 0.3) is 0 Å². The smallest absolute Gasteiger partial charge is 0.304 e. The number of aliphatic imine (C=N–C) groups is 1. The van der Waals surface area contributed by atoms with E-state index in [2.05, 4.69) is 27.2 Å². The van der Waals surface area contributed by atoms with Gasteiger partial charge in [-0.1, -0.05) is 18.7 Å². The zero-order valence-corrected chi connectivity index (χ0v) is 19.0. The highest BCUT2D eigenvalue weighted by Gasteiger charge is 2.27. The van der Waals surface area contributed by atoms with E-state index in [1.54, 1.807) is 42.9 Å². The van der Waals surface area contributed by atoms with Gasteiger partial charge < -0.3 is 25.4 Å². The molecule has 0 aliphatic rings. The van der Waals surface area contributed by atoms with Crippen LogP contribution in [0.5, 0.6) is 5.75 Å². The third-order valence-corrected chi connectivity index (χ3v) is 6.41. The largest absolute Gasteiger partial charge is 0.464 e. The summed E-state index contributed by atoms with van der Waals surface area (Å²) >= 11 is 0. The minimum absolute atomic E-state index is 0.0552. The predicted molar refractivity (Wildman–Crippen MR) is 125 cm³/mol. The highest BCUT2D eigenvalue weighted by Crippen LogP contribution is 2.33. The summed E-state index contributed by atoms with van der Waals surface area (Å²) in [4.78, 5) is 7.89. The van der Waals surface area contributed by atoms with E-state index < -0.39 is 15.8 Å². The molecule has 5 N–H and O–H groups in total. The van der Waals surface area contributed by atoms with E-state index in [1.165, 1.54) is 12.1 Å². The van der Waals surface area contributed by atoms with Gasteiger partial charge in [-0.2, -0.15) is 5.26 Å². The van der Waals surface area contributed by atoms with E-state index in [0.29, 0.717) is 11.3 Å². The van der Waals surface area contributed by atoms with Gasteiger partial charge in [-0.25, -0.2) is 13.4 Å². The molecule has 0 radical (unpaired) electrons. The lowest BCUT2D eigenvalue weighted by atomic mass is 10.2. The number of aromatic nitrogens is 1. The molecule has 0 saturated heterocycles. The maximum absolute atomic E-state index is 13.2. The van der Waals surface area contributed by atoms with Crippen LogP contribution in [0.3, 0.4) is 0 Å². The lowest BCUT2D eigenvalue weighted by Gasteiger charge is -2.17. The average molecular weight is 496 g/mol. The summed E-state index contributed by atoms with van der Waals surface area (Å²) in [5.74, 6) is -3.22. The first-order chi connectivity index (χ1) is 16.6. The molecule has 0 aliphatic heterocycles. The zero-order valence-electron chi connectivity index (χ0n) is 18.2. The van der Waals surface area contributed by atoms with Crippen LogP contribution in [0.1, 0.15) is 11.1 Å². The quantitative estimate of drug-likeness (QED) is 0.0769. The molecule has 180 valence electrons. The SMILES string of the molecule is C=COc1cc(C(O)(O)O)ccc1S(=O)(=O)c1ccc(CN=C(NC#N)Nc2ccncc2)cc1. The average Bonchev–Trinajstić information content (AvgIpc) is 2.83. The van der Waals surface area contributed by atoms with Crippen LogP contribution in [-0.4, -0.2) is 34.7 Å². The van der Waals surface area contributed by atoms with Crippen molar-refractivity contribution in [2.75, 3.05) is 5.32 Å². The summed E-state index contributed by atoms with van der Waals surface area (Å²) in [5.41, 5.74) is 0.956. The van der Waals surface area contributed by atoms with Gasteiger partial charge in [0.05, 0.1) is 17.7 Å². The second-order valence-corrected chi connectivity index (χ2v) is 8.91. The minimum atomic E-state index is -4.08. The van der Waals surface area contributed by atoms with Crippen molar-refractivity contribution < 1.29 is 28.5 Å². The summed E-state index contributed by atoms with van der Waals surface area (Å²) in [5, 5.41) is 42.4. The summed E-state index contributed by atoms with van der Waals surface area (Å²) < 4.78 is 31.5. The number of nitrogens with one attached hydrogen (secondary N) is 2. The second kappa shape index (κ2) is 10.8. The van der Waals surface area contributed by atoms with Crippen molar-refractivity contribution in [2.24, 2.45) is 4.99 Å². The topological polar surface area (TPSA) is 177 Å². The lowest BCUT2D eigenvalue weighted by molar-refractivity contribution is -0.323. The van der Waals surface area contributed by atoms with Crippen LogP contribution in [0, 0.1) is 11.5 Å². The summed E-state index contributed by atoms with van der Waals surface area (Å²) in [7, 11) is -4.08. The van der Waals surface area contributed by atoms with E-state index >= 15 is 0 Å². The summed E-state index contributed by atoms with van der Waals surface area (Å²) in [6.07, 6.45) is 5.93. The number of sulfone groups is 1. The molecule has 0 bridgehead atoms.